The molecule has 0 radical (unpaired) electrons. The molecule has 34 heavy (non-hydrogen) atoms. The van der Waals surface area contributed by atoms with Crippen LogP contribution in [0.3, 0.4) is 0 Å². The summed E-state index contributed by atoms with van der Waals surface area (Å²) in [5.41, 5.74) is 3.07. The lowest BCUT2D eigenvalue weighted by atomic mass is 10.1. The van der Waals surface area contributed by atoms with Gasteiger partial charge in [0.1, 0.15) is 0 Å². The summed E-state index contributed by atoms with van der Waals surface area (Å²) in [6, 6.07) is 22.3. The van der Waals surface area contributed by atoms with E-state index in [-0.39, 0.29) is 17.0 Å². The maximum Gasteiger partial charge on any atom is 0.338 e. The maximum atomic E-state index is 12.7. The number of ketones is 1. The predicted molar refractivity (Wildman–Crippen MR) is 132 cm³/mol. The monoisotopic (exact) mass is 474 g/mol. The number of benzene rings is 3. The van der Waals surface area contributed by atoms with Crippen LogP contribution >= 0.6 is 0 Å². The lowest BCUT2D eigenvalue weighted by Gasteiger charge is -2.08. The minimum Gasteiger partial charge on any atom is -0.454 e. The molecule has 0 saturated carbocycles. The molecule has 0 aliphatic heterocycles. The van der Waals surface area contributed by atoms with Crippen molar-refractivity contribution in [2.24, 2.45) is 0 Å². The first-order valence-corrected chi connectivity index (χ1v) is 12.0. The number of hydrogen-bond donors (Lipinski definition) is 2. The number of esters is 1. The van der Waals surface area contributed by atoms with Crippen LogP contribution in [-0.4, -0.2) is 31.8 Å². The van der Waals surface area contributed by atoms with E-state index >= 15 is 0 Å². The fourth-order valence-corrected chi connectivity index (χ4v) is 4.42. The van der Waals surface area contributed by atoms with E-state index in [9.17, 15) is 18.0 Å². The molecule has 0 bridgehead atoms. The molecule has 0 aliphatic rings. The van der Waals surface area contributed by atoms with Crippen molar-refractivity contribution in [3.63, 3.8) is 0 Å². The van der Waals surface area contributed by atoms with Gasteiger partial charge in [0.25, 0.3) is 10.0 Å². The van der Waals surface area contributed by atoms with Crippen molar-refractivity contribution in [2.75, 3.05) is 11.3 Å². The first-order valence-electron chi connectivity index (χ1n) is 10.5. The lowest BCUT2D eigenvalue weighted by molar-refractivity contribution is 0.0475. The Bertz CT molecular complexity index is 1490. The van der Waals surface area contributed by atoms with Crippen molar-refractivity contribution in [1.29, 1.82) is 0 Å². The van der Waals surface area contributed by atoms with Crippen LogP contribution in [0.4, 0.5) is 5.69 Å². The van der Waals surface area contributed by atoms with E-state index in [2.05, 4.69) is 9.71 Å². The average Bonchev–Trinajstić information content (AvgIpc) is 3.17. The van der Waals surface area contributed by atoms with Gasteiger partial charge >= 0.3 is 5.97 Å². The Balaban J connectivity index is 1.42. The molecule has 7 nitrogen and oxygen atoms in total. The second-order valence-corrected chi connectivity index (χ2v) is 9.18. The summed E-state index contributed by atoms with van der Waals surface area (Å²) in [7, 11) is -3.80. The smallest absolute Gasteiger partial charge is 0.338 e. The Morgan fingerprint density at radius 1 is 0.971 bits per heavy atom. The van der Waals surface area contributed by atoms with Crippen LogP contribution in [0.15, 0.2) is 84.3 Å². The van der Waals surface area contributed by atoms with Crippen molar-refractivity contribution < 1.29 is 22.7 Å². The van der Waals surface area contributed by atoms with Crippen LogP contribution in [0, 0.1) is 6.92 Å². The number of aromatic amines is 1. The van der Waals surface area contributed by atoms with Gasteiger partial charge < -0.3 is 9.72 Å². The molecule has 0 unspecified atom stereocenters. The van der Waals surface area contributed by atoms with Gasteiger partial charge in [-0.2, -0.15) is 0 Å². The zero-order chi connectivity index (χ0) is 24.1. The first kappa shape index (κ1) is 23.0. The molecule has 2 N–H and O–H groups in total. The van der Waals surface area contributed by atoms with Gasteiger partial charge in [0.2, 0.25) is 5.78 Å². The summed E-state index contributed by atoms with van der Waals surface area (Å²) in [5.74, 6) is -1.06. The third-order valence-electron chi connectivity index (χ3n) is 5.10. The molecule has 1 heterocycles. The standard InChI is InChI=1S/C26H22N2O5S/c1-18-25(22-12-5-6-13-23(22)27-18)24(29)17-33-26(30)20-10-7-11-21(16-20)28-34(31,32)15-14-19-8-3-2-4-9-19/h2-16,27-28H,17H2,1H3/b15-14+. The maximum absolute atomic E-state index is 12.7. The molecule has 0 aliphatic carbocycles. The van der Waals surface area contributed by atoms with Gasteiger partial charge in [0, 0.05) is 27.8 Å². The van der Waals surface area contributed by atoms with Crippen molar-refractivity contribution in [1.82, 2.24) is 4.98 Å². The van der Waals surface area contributed by atoms with Gasteiger partial charge in [-0.05, 0) is 42.8 Å². The summed E-state index contributed by atoms with van der Waals surface area (Å²) >= 11 is 0. The van der Waals surface area contributed by atoms with Crippen LogP contribution in [0.2, 0.25) is 0 Å². The highest BCUT2D eigenvalue weighted by Gasteiger charge is 2.18. The van der Waals surface area contributed by atoms with Gasteiger partial charge in [-0.25, -0.2) is 13.2 Å². The van der Waals surface area contributed by atoms with Crippen LogP contribution < -0.4 is 4.72 Å². The number of aryl methyl sites for hydroxylation is 1. The Hall–Kier alpha value is -4.17. The summed E-state index contributed by atoms with van der Waals surface area (Å²) < 4.78 is 32.4. The van der Waals surface area contributed by atoms with Gasteiger partial charge in [-0.3, -0.25) is 9.52 Å². The first-order chi connectivity index (χ1) is 16.3. The highest BCUT2D eigenvalue weighted by atomic mass is 32.2. The van der Waals surface area contributed by atoms with E-state index in [1.54, 1.807) is 31.2 Å². The number of fused-ring (bicyclic) bond motifs is 1. The number of aromatic nitrogens is 1. The van der Waals surface area contributed by atoms with Crippen LogP contribution in [0.25, 0.3) is 17.0 Å². The molecular formula is C26H22N2O5S. The largest absolute Gasteiger partial charge is 0.454 e. The topological polar surface area (TPSA) is 105 Å². The fourth-order valence-electron chi connectivity index (χ4n) is 3.56. The van der Waals surface area contributed by atoms with Crippen LogP contribution in [-0.2, 0) is 14.8 Å². The molecule has 172 valence electrons. The molecule has 8 heteroatoms. The van der Waals surface area contributed by atoms with E-state index in [0.717, 1.165) is 21.9 Å². The van der Waals surface area contributed by atoms with Crippen molar-refractivity contribution >= 4 is 44.4 Å². The second kappa shape index (κ2) is 9.76. The minimum absolute atomic E-state index is 0.121. The summed E-state index contributed by atoms with van der Waals surface area (Å²) in [4.78, 5) is 28.4. The predicted octanol–water partition coefficient (Wildman–Crippen LogP) is 4.93. The van der Waals surface area contributed by atoms with Gasteiger partial charge in [-0.15, -0.1) is 0 Å². The van der Waals surface area contributed by atoms with Crippen molar-refractivity contribution in [2.45, 2.75) is 6.92 Å². The van der Waals surface area contributed by atoms with Crippen LogP contribution in [0.5, 0.6) is 0 Å². The van der Waals surface area contributed by atoms with E-state index in [1.807, 2.05) is 30.3 Å². The van der Waals surface area contributed by atoms with Gasteiger partial charge in [0.05, 0.1) is 11.0 Å². The quantitative estimate of drug-likeness (QED) is 0.278. The Kier molecular flexibility index (Phi) is 6.60. The number of hydrogen-bond acceptors (Lipinski definition) is 5. The summed E-state index contributed by atoms with van der Waals surface area (Å²) in [5, 5.41) is 1.82. The number of rotatable bonds is 8. The molecule has 4 aromatic rings. The highest BCUT2D eigenvalue weighted by molar-refractivity contribution is 7.95. The van der Waals surface area contributed by atoms with E-state index in [4.69, 9.17) is 4.74 Å². The molecule has 0 atom stereocenters. The Morgan fingerprint density at radius 3 is 2.50 bits per heavy atom. The molecule has 1 aromatic heterocycles. The second-order valence-electron chi connectivity index (χ2n) is 7.61. The molecule has 4 rings (SSSR count). The number of para-hydroxylation sites is 1. The normalized spacial score (nSPS) is 11.6. The number of carbonyl (C=O) groups excluding carboxylic acids is 2. The number of Topliss-reactive ketones (excluding diaryl/α,β-unsaturated/α-hetero) is 1. The van der Waals surface area contributed by atoms with E-state index in [1.165, 1.54) is 30.3 Å². The molecule has 3 aromatic carbocycles. The van der Waals surface area contributed by atoms with Crippen LogP contribution in [0.1, 0.15) is 32.0 Å². The van der Waals surface area contributed by atoms with E-state index < -0.39 is 22.6 Å². The number of carbonyl (C=O) groups is 2. The zero-order valence-electron chi connectivity index (χ0n) is 18.3. The SMILES string of the molecule is Cc1[nH]c2ccccc2c1C(=O)COC(=O)c1cccc(NS(=O)(=O)/C=C/c2ccccc2)c1. The third kappa shape index (κ3) is 5.41. The van der Waals surface area contributed by atoms with E-state index in [0.29, 0.717) is 11.3 Å². The zero-order valence-corrected chi connectivity index (χ0v) is 19.1. The Labute approximate surface area is 197 Å². The number of sulfonamides is 1. The fraction of sp³-hybridized carbons (Fsp3) is 0.0769. The van der Waals surface area contributed by atoms with Gasteiger partial charge in [-0.1, -0.05) is 54.6 Å². The minimum atomic E-state index is -3.80. The molecule has 0 fully saturated rings. The summed E-state index contributed by atoms with van der Waals surface area (Å²) in [6.07, 6.45) is 1.47. The summed E-state index contributed by atoms with van der Waals surface area (Å²) in [6.45, 7) is 1.36. The highest BCUT2D eigenvalue weighted by Crippen LogP contribution is 2.22. The average molecular weight is 475 g/mol. The van der Waals surface area contributed by atoms with Crippen molar-refractivity contribution in [3.05, 3.63) is 107 Å². The third-order valence-corrected chi connectivity index (χ3v) is 6.12. The number of anilines is 1. The van der Waals surface area contributed by atoms with Gasteiger partial charge in [0.15, 0.2) is 6.61 Å². The molecular weight excluding hydrogens is 452 g/mol. The molecule has 0 spiro atoms. The Morgan fingerprint density at radius 2 is 1.71 bits per heavy atom. The number of H-pyrrole nitrogens is 1. The number of nitrogens with one attached hydrogen (secondary N) is 2. The van der Waals surface area contributed by atoms with Crippen molar-refractivity contribution in [3.8, 4) is 0 Å². The molecule has 0 saturated heterocycles. The number of ether oxygens (including phenoxy) is 1. The lowest BCUT2D eigenvalue weighted by Crippen LogP contribution is -2.15. The molecule has 0 amide bonds.